The maximum absolute atomic E-state index is 10.6. The number of carbonyl (C=O) groups excluding carboxylic acids is 1. The van der Waals surface area contributed by atoms with E-state index in [1.54, 1.807) is 12.1 Å². The Morgan fingerprint density at radius 2 is 1.76 bits per heavy atom. The number of nitrogens with one attached hydrogen (secondary N) is 1. The minimum atomic E-state index is -0.307. The van der Waals surface area contributed by atoms with Gasteiger partial charge in [0.15, 0.2) is 0 Å². The van der Waals surface area contributed by atoms with Crippen LogP contribution in [0, 0.1) is 5.41 Å². The Balaban J connectivity index is 2.54. The molecule has 0 aliphatic heterocycles. The van der Waals surface area contributed by atoms with Gasteiger partial charge < -0.3 is 11.5 Å². The van der Waals surface area contributed by atoms with Crippen molar-refractivity contribution in [1.82, 2.24) is 0 Å². The average molecular weight is 231 g/mol. The van der Waals surface area contributed by atoms with Crippen LogP contribution in [-0.4, -0.2) is 11.7 Å². The van der Waals surface area contributed by atoms with E-state index in [1.165, 1.54) is 0 Å². The molecule has 0 spiro atoms. The lowest BCUT2D eigenvalue weighted by molar-refractivity contribution is -0.117. The van der Waals surface area contributed by atoms with Crippen LogP contribution in [0.15, 0.2) is 36.4 Å². The molecule has 4 heteroatoms. The van der Waals surface area contributed by atoms with Crippen molar-refractivity contribution in [2.24, 2.45) is 11.5 Å². The van der Waals surface area contributed by atoms with Gasteiger partial charge in [-0.1, -0.05) is 36.4 Å². The molecule has 17 heavy (non-hydrogen) atoms. The highest BCUT2D eigenvalue weighted by atomic mass is 16.1. The third-order valence-corrected chi connectivity index (χ3v) is 2.44. The maximum Gasteiger partial charge on any atom is 0.217 e. The molecule has 0 bridgehead atoms. The van der Waals surface area contributed by atoms with Gasteiger partial charge >= 0.3 is 0 Å². The van der Waals surface area contributed by atoms with Crippen LogP contribution in [0.1, 0.15) is 24.0 Å². The number of rotatable bonds is 6. The summed E-state index contributed by atoms with van der Waals surface area (Å²) in [5, 5.41) is 7.27. The number of primary amides is 1. The smallest absolute Gasteiger partial charge is 0.217 e. The van der Waals surface area contributed by atoms with E-state index in [4.69, 9.17) is 16.9 Å². The molecule has 0 aromatic heterocycles. The normalized spacial score (nSPS) is 9.88. The minimum Gasteiger partial charge on any atom is -0.384 e. The second-order valence-electron chi connectivity index (χ2n) is 4.00. The lowest BCUT2D eigenvalue weighted by Gasteiger charge is -2.05. The van der Waals surface area contributed by atoms with E-state index in [0.717, 1.165) is 11.1 Å². The highest BCUT2D eigenvalue weighted by Crippen LogP contribution is 2.12. The molecular weight excluding hydrogens is 214 g/mol. The molecule has 0 radical (unpaired) electrons. The van der Waals surface area contributed by atoms with Gasteiger partial charge in [-0.3, -0.25) is 10.2 Å². The van der Waals surface area contributed by atoms with Gasteiger partial charge in [0.05, 0.1) is 0 Å². The first-order valence-electron chi connectivity index (χ1n) is 5.37. The molecular formula is C13H17N3O. The van der Waals surface area contributed by atoms with Crippen LogP contribution in [0.25, 0.3) is 0 Å². The van der Waals surface area contributed by atoms with Crippen LogP contribution in [0.2, 0.25) is 0 Å². The number of carbonyl (C=O) groups is 1. The summed E-state index contributed by atoms with van der Waals surface area (Å²) in [5.74, 6) is -0.248. The molecule has 0 heterocycles. The molecule has 0 saturated heterocycles. The molecule has 1 aromatic carbocycles. The fourth-order valence-corrected chi connectivity index (χ4v) is 1.48. The third-order valence-electron chi connectivity index (χ3n) is 2.44. The summed E-state index contributed by atoms with van der Waals surface area (Å²) in [6.45, 7) is 3.90. The Labute approximate surface area is 101 Å². The molecule has 0 unspecified atom stereocenters. The van der Waals surface area contributed by atoms with E-state index in [1.807, 2.05) is 12.1 Å². The SMILES string of the molecule is C=C(CCC(N)=O)Cc1ccc(C(=N)N)cc1. The van der Waals surface area contributed by atoms with Gasteiger partial charge in [-0.05, 0) is 18.4 Å². The molecule has 0 atom stereocenters. The fraction of sp³-hybridized carbons (Fsp3) is 0.231. The van der Waals surface area contributed by atoms with Crippen LogP contribution in [0.3, 0.4) is 0 Å². The summed E-state index contributed by atoms with van der Waals surface area (Å²) in [6, 6.07) is 7.43. The molecule has 5 N–H and O–H groups in total. The van der Waals surface area contributed by atoms with E-state index < -0.39 is 0 Å². The average Bonchev–Trinajstić information content (AvgIpc) is 2.27. The Morgan fingerprint density at radius 3 is 2.24 bits per heavy atom. The summed E-state index contributed by atoms with van der Waals surface area (Å²) < 4.78 is 0. The van der Waals surface area contributed by atoms with E-state index in [0.29, 0.717) is 24.8 Å². The highest BCUT2D eigenvalue weighted by molar-refractivity contribution is 5.94. The first-order chi connectivity index (χ1) is 7.99. The molecule has 0 aliphatic rings. The van der Waals surface area contributed by atoms with Crippen LogP contribution in [0.4, 0.5) is 0 Å². The first-order valence-corrected chi connectivity index (χ1v) is 5.37. The Morgan fingerprint density at radius 1 is 1.18 bits per heavy atom. The maximum atomic E-state index is 10.6. The summed E-state index contributed by atoms with van der Waals surface area (Å²) in [5.41, 5.74) is 13.2. The predicted molar refractivity (Wildman–Crippen MR) is 68.7 cm³/mol. The van der Waals surface area contributed by atoms with Crippen LogP contribution in [0.5, 0.6) is 0 Å². The van der Waals surface area contributed by atoms with E-state index >= 15 is 0 Å². The molecule has 90 valence electrons. The van der Waals surface area contributed by atoms with E-state index in [2.05, 4.69) is 6.58 Å². The number of allylic oxidation sites excluding steroid dienone is 1. The summed E-state index contributed by atoms with van der Waals surface area (Å²) in [7, 11) is 0. The lowest BCUT2D eigenvalue weighted by atomic mass is 10.0. The molecule has 1 amide bonds. The number of benzene rings is 1. The van der Waals surface area contributed by atoms with Crippen molar-refractivity contribution in [3.05, 3.63) is 47.5 Å². The molecule has 4 nitrogen and oxygen atoms in total. The number of hydrogen-bond acceptors (Lipinski definition) is 2. The van der Waals surface area contributed by atoms with Crippen molar-refractivity contribution in [2.75, 3.05) is 0 Å². The van der Waals surface area contributed by atoms with Gasteiger partial charge in [-0.15, -0.1) is 0 Å². The van der Waals surface area contributed by atoms with Gasteiger partial charge in [0.2, 0.25) is 5.91 Å². The van der Waals surface area contributed by atoms with Crippen molar-refractivity contribution in [2.45, 2.75) is 19.3 Å². The minimum absolute atomic E-state index is 0.0594. The molecule has 0 saturated carbocycles. The van der Waals surface area contributed by atoms with E-state index in [-0.39, 0.29) is 11.7 Å². The number of amides is 1. The Kier molecular flexibility index (Phi) is 4.46. The number of amidine groups is 1. The zero-order chi connectivity index (χ0) is 12.8. The molecule has 0 aliphatic carbocycles. The van der Waals surface area contributed by atoms with Gasteiger partial charge in [0, 0.05) is 12.0 Å². The lowest BCUT2D eigenvalue weighted by Crippen LogP contribution is -2.11. The summed E-state index contributed by atoms with van der Waals surface area (Å²) in [6.07, 6.45) is 1.67. The van der Waals surface area contributed by atoms with E-state index in [9.17, 15) is 4.79 Å². The zero-order valence-corrected chi connectivity index (χ0v) is 9.70. The fourth-order valence-electron chi connectivity index (χ4n) is 1.48. The zero-order valence-electron chi connectivity index (χ0n) is 9.70. The van der Waals surface area contributed by atoms with Gasteiger partial charge in [-0.2, -0.15) is 0 Å². The van der Waals surface area contributed by atoms with Crippen LogP contribution < -0.4 is 11.5 Å². The van der Waals surface area contributed by atoms with Crippen molar-refractivity contribution in [1.29, 1.82) is 5.41 Å². The van der Waals surface area contributed by atoms with Crippen LogP contribution >= 0.6 is 0 Å². The summed E-state index contributed by atoms with van der Waals surface area (Å²) in [4.78, 5) is 10.6. The quantitative estimate of drug-likeness (QED) is 0.391. The molecule has 1 aromatic rings. The van der Waals surface area contributed by atoms with Crippen molar-refractivity contribution < 1.29 is 4.79 Å². The van der Waals surface area contributed by atoms with Crippen LogP contribution in [-0.2, 0) is 11.2 Å². The third kappa shape index (κ3) is 4.51. The topological polar surface area (TPSA) is 93.0 Å². The standard InChI is InChI=1S/C13H17N3O/c1-9(2-7-12(14)17)8-10-3-5-11(6-4-10)13(15)16/h3-6H,1-2,7-8H2,(H2,14,17)(H3,15,16). The highest BCUT2D eigenvalue weighted by Gasteiger charge is 2.01. The largest absolute Gasteiger partial charge is 0.384 e. The molecule has 1 rings (SSSR count). The van der Waals surface area contributed by atoms with Gasteiger partial charge in [0.1, 0.15) is 5.84 Å². The number of nitrogens with two attached hydrogens (primary N) is 2. The second-order valence-corrected chi connectivity index (χ2v) is 4.00. The number of hydrogen-bond donors (Lipinski definition) is 3. The van der Waals surface area contributed by atoms with Gasteiger partial charge in [0.25, 0.3) is 0 Å². The van der Waals surface area contributed by atoms with Crippen molar-refractivity contribution >= 4 is 11.7 Å². The monoisotopic (exact) mass is 231 g/mol. The second kappa shape index (κ2) is 5.84. The predicted octanol–water partition coefficient (Wildman–Crippen LogP) is 1.33. The Bertz CT molecular complexity index is 434. The number of nitrogen functional groups attached to an aromatic ring is 1. The summed E-state index contributed by atoms with van der Waals surface area (Å²) >= 11 is 0. The first kappa shape index (κ1) is 13.0. The molecule has 0 fully saturated rings. The van der Waals surface area contributed by atoms with Gasteiger partial charge in [-0.25, -0.2) is 0 Å². The Hall–Kier alpha value is -2.10. The van der Waals surface area contributed by atoms with Crippen molar-refractivity contribution in [3.63, 3.8) is 0 Å². The van der Waals surface area contributed by atoms with Crippen molar-refractivity contribution in [3.8, 4) is 0 Å².